The fourth-order valence-electron chi connectivity index (χ4n) is 2.15. The number of Topliss-reactive ketones (excluding diaryl/α,β-unsaturated/α-hetero) is 1. The molecule has 0 amide bonds. The van der Waals surface area contributed by atoms with E-state index in [1.54, 1.807) is 18.2 Å². The number of alkyl halides is 2. The van der Waals surface area contributed by atoms with Gasteiger partial charge in [-0.25, -0.2) is 18.4 Å². The highest BCUT2D eigenvalue weighted by Crippen LogP contribution is 2.31. The summed E-state index contributed by atoms with van der Waals surface area (Å²) in [5, 5.41) is 4.76. The number of rotatable bonds is 7. The third kappa shape index (κ3) is 3.87. The SMILES string of the molecule is CC(CF)(CF)C(=O)C(Cc1ccc(Cl)cc1Cl)n1cncn1. The van der Waals surface area contributed by atoms with Crippen LogP contribution in [0.2, 0.25) is 10.0 Å². The van der Waals surface area contributed by atoms with Gasteiger partial charge in [-0.05, 0) is 24.6 Å². The van der Waals surface area contributed by atoms with E-state index in [-0.39, 0.29) is 6.42 Å². The summed E-state index contributed by atoms with van der Waals surface area (Å²) in [5.41, 5.74) is -1.10. The highest BCUT2D eigenvalue weighted by atomic mass is 35.5. The highest BCUT2D eigenvalue weighted by molar-refractivity contribution is 6.35. The Kier molecular flexibility index (Phi) is 5.70. The average Bonchev–Trinajstić information content (AvgIpc) is 3.07. The van der Waals surface area contributed by atoms with E-state index in [2.05, 4.69) is 10.1 Å². The molecule has 1 atom stereocenters. The van der Waals surface area contributed by atoms with Crippen molar-refractivity contribution in [1.82, 2.24) is 14.8 Å². The molecule has 1 aromatic heterocycles. The molecule has 0 bridgehead atoms. The normalized spacial score (nSPS) is 13.1. The minimum absolute atomic E-state index is 0.133. The van der Waals surface area contributed by atoms with Gasteiger partial charge in [0.15, 0.2) is 5.78 Å². The van der Waals surface area contributed by atoms with Gasteiger partial charge < -0.3 is 0 Å². The second kappa shape index (κ2) is 7.36. The van der Waals surface area contributed by atoms with E-state index in [1.165, 1.54) is 24.3 Å². The van der Waals surface area contributed by atoms with Crippen LogP contribution in [0.5, 0.6) is 0 Å². The molecule has 4 nitrogen and oxygen atoms in total. The molecule has 0 saturated heterocycles. The zero-order chi connectivity index (χ0) is 17.0. The van der Waals surface area contributed by atoms with Crippen LogP contribution in [0.25, 0.3) is 0 Å². The van der Waals surface area contributed by atoms with E-state index in [9.17, 15) is 13.6 Å². The third-order valence-electron chi connectivity index (χ3n) is 3.67. The van der Waals surface area contributed by atoms with Gasteiger partial charge in [0, 0.05) is 16.5 Å². The number of ketones is 1. The molecule has 23 heavy (non-hydrogen) atoms. The molecule has 0 aliphatic carbocycles. The molecule has 0 spiro atoms. The maximum Gasteiger partial charge on any atom is 0.168 e. The minimum atomic E-state index is -1.73. The van der Waals surface area contributed by atoms with Crippen molar-refractivity contribution in [2.24, 2.45) is 5.41 Å². The largest absolute Gasteiger partial charge is 0.296 e. The predicted octanol–water partition coefficient (Wildman–Crippen LogP) is 3.88. The molecule has 0 saturated carbocycles. The number of carbonyl (C=O) groups excluding carboxylic acids is 1. The lowest BCUT2D eigenvalue weighted by Gasteiger charge is -2.27. The zero-order valence-electron chi connectivity index (χ0n) is 12.3. The Labute approximate surface area is 142 Å². The summed E-state index contributed by atoms with van der Waals surface area (Å²) in [6.45, 7) is -0.938. The van der Waals surface area contributed by atoms with Crippen molar-refractivity contribution in [3.05, 3.63) is 46.5 Å². The second-order valence-corrected chi connectivity index (χ2v) is 6.37. The fraction of sp³-hybridized carbons (Fsp3) is 0.400. The van der Waals surface area contributed by atoms with E-state index in [0.29, 0.717) is 15.6 Å². The summed E-state index contributed by atoms with van der Waals surface area (Å²) in [7, 11) is 0. The molecule has 2 aromatic rings. The highest BCUT2D eigenvalue weighted by Gasteiger charge is 2.39. The summed E-state index contributed by atoms with van der Waals surface area (Å²) < 4.78 is 27.7. The lowest BCUT2D eigenvalue weighted by atomic mass is 9.82. The number of hydrogen-bond acceptors (Lipinski definition) is 3. The van der Waals surface area contributed by atoms with Gasteiger partial charge >= 0.3 is 0 Å². The number of nitrogens with zero attached hydrogens (tertiary/aromatic N) is 3. The van der Waals surface area contributed by atoms with Crippen LogP contribution in [0.15, 0.2) is 30.9 Å². The first-order valence-corrected chi connectivity index (χ1v) is 7.61. The molecule has 8 heteroatoms. The Morgan fingerprint density at radius 1 is 1.35 bits per heavy atom. The summed E-state index contributed by atoms with van der Waals surface area (Å²) >= 11 is 12.0. The molecule has 1 aromatic carbocycles. The van der Waals surface area contributed by atoms with E-state index in [4.69, 9.17) is 23.2 Å². The summed E-state index contributed by atoms with van der Waals surface area (Å²) in [4.78, 5) is 16.5. The van der Waals surface area contributed by atoms with Crippen molar-refractivity contribution in [1.29, 1.82) is 0 Å². The average molecular weight is 362 g/mol. The topological polar surface area (TPSA) is 47.8 Å². The van der Waals surface area contributed by atoms with E-state index in [0.717, 1.165) is 0 Å². The molecular formula is C15H15Cl2F2N3O. The Morgan fingerprint density at radius 2 is 2.04 bits per heavy atom. The smallest absolute Gasteiger partial charge is 0.168 e. The molecule has 2 rings (SSSR count). The zero-order valence-corrected chi connectivity index (χ0v) is 13.9. The van der Waals surface area contributed by atoms with Crippen LogP contribution in [0.1, 0.15) is 18.5 Å². The van der Waals surface area contributed by atoms with Crippen LogP contribution in [0.3, 0.4) is 0 Å². The first-order valence-electron chi connectivity index (χ1n) is 6.85. The third-order valence-corrected chi connectivity index (χ3v) is 4.26. The lowest BCUT2D eigenvalue weighted by Crippen LogP contribution is -2.39. The fourth-order valence-corrected chi connectivity index (χ4v) is 2.64. The van der Waals surface area contributed by atoms with Gasteiger partial charge in [0.1, 0.15) is 32.0 Å². The van der Waals surface area contributed by atoms with E-state index in [1.807, 2.05) is 0 Å². The number of aromatic nitrogens is 3. The Morgan fingerprint density at radius 3 is 2.57 bits per heavy atom. The van der Waals surface area contributed by atoms with Crippen molar-refractivity contribution in [3.8, 4) is 0 Å². The number of benzene rings is 1. The quantitative estimate of drug-likeness (QED) is 0.751. The van der Waals surface area contributed by atoms with E-state index >= 15 is 0 Å². The summed E-state index contributed by atoms with van der Waals surface area (Å²) in [6.07, 6.45) is 2.73. The van der Waals surface area contributed by atoms with E-state index < -0.39 is 30.6 Å². The summed E-state index contributed by atoms with van der Waals surface area (Å²) in [5.74, 6) is -0.598. The molecule has 0 fully saturated rings. The van der Waals surface area contributed by atoms with Gasteiger partial charge in [-0.3, -0.25) is 4.79 Å². The molecular weight excluding hydrogens is 347 g/mol. The Hall–Kier alpha value is -1.53. The van der Waals surface area contributed by atoms with Crippen LogP contribution in [-0.4, -0.2) is 33.9 Å². The lowest BCUT2D eigenvalue weighted by molar-refractivity contribution is -0.133. The minimum Gasteiger partial charge on any atom is -0.296 e. The van der Waals surface area contributed by atoms with Gasteiger partial charge in [-0.1, -0.05) is 29.3 Å². The molecule has 0 N–H and O–H groups in total. The first-order chi connectivity index (χ1) is 10.9. The standard InChI is InChI=1S/C15H15Cl2F2N3O/c1-15(6-18,7-19)14(23)13(22-9-20-8-21-22)4-10-2-3-11(16)5-12(10)17/h2-3,5,8-9,13H,4,6-7H2,1H3. The van der Waals surface area contributed by atoms with Crippen molar-refractivity contribution < 1.29 is 13.6 Å². The van der Waals surface area contributed by atoms with Crippen molar-refractivity contribution in [3.63, 3.8) is 0 Å². The van der Waals surface area contributed by atoms with Gasteiger partial charge in [-0.15, -0.1) is 0 Å². The van der Waals surface area contributed by atoms with Crippen molar-refractivity contribution >= 4 is 29.0 Å². The van der Waals surface area contributed by atoms with Crippen LogP contribution in [0.4, 0.5) is 8.78 Å². The number of carbonyl (C=O) groups is 1. The van der Waals surface area contributed by atoms with Crippen LogP contribution < -0.4 is 0 Å². The maximum atomic E-state index is 13.2. The Bertz CT molecular complexity index is 675. The molecule has 0 aliphatic rings. The number of hydrogen-bond donors (Lipinski definition) is 0. The van der Waals surface area contributed by atoms with Gasteiger partial charge in [-0.2, -0.15) is 5.10 Å². The van der Waals surface area contributed by atoms with Gasteiger partial charge in [0.2, 0.25) is 0 Å². The van der Waals surface area contributed by atoms with Gasteiger partial charge in [0.25, 0.3) is 0 Å². The maximum absolute atomic E-state index is 13.2. The molecule has 124 valence electrons. The monoisotopic (exact) mass is 361 g/mol. The predicted molar refractivity (Wildman–Crippen MR) is 84.3 cm³/mol. The first kappa shape index (κ1) is 17.8. The van der Waals surface area contributed by atoms with Crippen LogP contribution in [0, 0.1) is 5.41 Å². The van der Waals surface area contributed by atoms with Crippen molar-refractivity contribution in [2.45, 2.75) is 19.4 Å². The summed E-state index contributed by atoms with van der Waals surface area (Å²) in [6, 6.07) is 3.94. The second-order valence-electron chi connectivity index (χ2n) is 5.52. The molecule has 0 aliphatic heterocycles. The number of halogens is 4. The van der Waals surface area contributed by atoms with Crippen molar-refractivity contribution in [2.75, 3.05) is 13.3 Å². The van der Waals surface area contributed by atoms with Crippen LogP contribution in [-0.2, 0) is 11.2 Å². The molecule has 1 unspecified atom stereocenters. The van der Waals surface area contributed by atoms with Gasteiger partial charge in [0.05, 0.1) is 5.41 Å². The van der Waals surface area contributed by atoms with Crippen LogP contribution >= 0.6 is 23.2 Å². The Balaban J connectivity index is 2.38. The molecule has 0 radical (unpaired) electrons. The molecule has 1 heterocycles.